The Bertz CT molecular complexity index is 720. The highest BCUT2D eigenvalue weighted by Crippen LogP contribution is 2.25. The van der Waals surface area contributed by atoms with Crippen LogP contribution in [0.4, 0.5) is 5.69 Å². The van der Waals surface area contributed by atoms with E-state index in [1.165, 1.54) is 0 Å². The van der Waals surface area contributed by atoms with Crippen molar-refractivity contribution in [3.8, 4) is 11.5 Å². The van der Waals surface area contributed by atoms with Gasteiger partial charge in [0.1, 0.15) is 5.52 Å². The summed E-state index contributed by atoms with van der Waals surface area (Å²) < 4.78 is 5.67. The molecule has 0 amide bonds. The van der Waals surface area contributed by atoms with Gasteiger partial charge < -0.3 is 15.5 Å². The van der Waals surface area contributed by atoms with Crippen molar-refractivity contribution >= 4 is 34.1 Å². The number of nitrogens with one attached hydrogen (secondary N) is 1. The number of pyridine rings is 1. The summed E-state index contributed by atoms with van der Waals surface area (Å²) in [6.45, 7) is 0. The van der Waals surface area contributed by atoms with E-state index in [1.807, 2.05) is 24.3 Å². The van der Waals surface area contributed by atoms with Crippen molar-refractivity contribution in [1.82, 2.24) is 9.97 Å². The molecule has 94 valence electrons. The number of thiocarbonyl (C=S) groups is 1. The Morgan fingerprint density at radius 1 is 1.32 bits per heavy atom. The van der Waals surface area contributed by atoms with Crippen LogP contribution in [0, 0.1) is 0 Å². The predicted octanol–water partition coefficient (Wildman–Crippen LogP) is 2.55. The first-order valence-corrected chi connectivity index (χ1v) is 6.00. The van der Waals surface area contributed by atoms with Gasteiger partial charge in [-0.2, -0.15) is 0 Å². The summed E-state index contributed by atoms with van der Waals surface area (Å²) >= 11 is 4.81. The molecule has 0 aliphatic heterocycles. The molecule has 6 heteroatoms. The monoisotopic (exact) mass is 270 g/mol. The van der Waals surface area contributed by atoms with Crippen molar-refractivity contribution in [3.05, 3.63) is 42.7 Å². The third-order valence-electron chi connectivity index (χ3n) is 2.57. The fraction of sp³-hybridized carbons (Fsp3) is 0. The maximum atomic E-state index is 5.67. The van der Waals surface area contributed by atoms with E-state index in [9.17, 15) is 0 Å². The molecule has 2 aromatic heterocycles. The quantitative estimate of drug-likeness (QED) is 0.697. The fourth-order valence-corrected chi connectivity index (χ4v) is 1.89. The molecule has 0 aliphatic rings. The molecular formula is C13H10N4OS. The van der Waals surface area contributed by atoms with Crippen LogP contribution in [0.1, 0.15) is 0 Å². The van der Waals surface area contributed by atoms with Gasteiger partial charge in [-0.25, -0.2) is 4.98 Å². The smallest absolute Gasteiger partial charge is 0.227 e. The van der Waals surface area contributed by atoms with E-state index in [-0.39, 0.29) is 5.11 Å². The van der Waals surface area contributed by atoms with Gasteiger partial charge in [0, 0.05) is 23.5 Å². The number of hydrogen-bond donors (Lipinski definition) is 2. The van der Waals surface area contributed by atoms with Gasteiger partial charge in [0.05, 0.1) is 6.20 Å². The Labute approximate surface area is 114 Å². The molecule has 0 aliphatic carbocycles. The molecule has 5 nitrogen and oxygen atoms in total. The lowest BCUT2D eigenvalue weighted by Gasteiger charge is -2.04. The van der Waals surface area contributed by atoms with Gasteiger partial charge in [-0.05, 0) is 30.4 Å². The zero-order valence-corrected chi connectivity index (χ0v) is 10.6. The van der Waals surface area contributed by atoms with Gasteiger partial charge in [-0.3, -0.25) is 4.98 Å². The van der Waals surface area contributed by atoms with Gasteiger partial charge in [-0.15, -0.1) is 0 Å². The molecule has 0 unspecified atom stereocenters. The summed E-state index contributed by atoms with van der Waals surface area (Å²) in [5.41, 5.74) is 8.52. The highest BCUT2D eigenvalue weighted by atomic mass is 32.1. The van der Waals surface area contributed by atoms with Crippen LogP contribution in [0.15, 0.2) is 47.1 Å². The van der Waals surface area contributed by atoms with Crippen LogP contribution in [0.5, 0.6) is 0 Å². The summed E-state index contributed by atoms with van der Waals surface area (Å²) in [4.78, 5) is 8.39. The number of nitrogens with two attached hydrogens (primary N) is 1. The van der Waals surface area contributed by atoms with Gasteiger partial charge in [0.2, 0.25) is 5.89 Å². The van der Waals surface area contributed by atoms with Crippen LogP contribution in [0.2, 0.25) is 0 Å². The standard InChI is InChI=1S/C13H10N4OS/c14-13(19)16-9-3-1-2-8(6-9)12-17-10-7-15-5-4-11(10)18-12/h1-7H,(H3,14,16,19). The Morgan fingerprint density at radius 3 is 3.00 bits per heavy atom. The van der Waals surface area contributed by atoms with Crippen molar-refractivity contribution in [2.75, 3.05) is 5.32 Å². The first-order chi connectivity index (χ1) is 9.22. The summed E-state index contributed by atoms with van der Waals surface area (Å²) in [5.74, 6) is 0.537. The molecular weight excluding hydrogens is 260 g/mol. The van der Waals surface area contributed by atoms with E-state index < -0.39 is 0 Å². The SMILES string of the molecule is NC(=S)Nc1cccc(-c2nc3cnccc3o2)c1. The first-order valence-electron chi connectivity index (χ1n) is 5.60. The Morgan fingerprint density at radius 2 is 2.21 bits per heavy atom. The number of rotatable bonds is 2. The minimum Gasteiger partial charge on any atom is -0.436 e. The van der Waals surface area contributed by atoms with E-state index in [0.717, 1.165) is 16.8 Å². The topological polar surface area (TPSA) is 77.0 Å². The van der Waals surface area contributed by atoms with E-state index in [0.29, 0.717) is 11.5 Å². The highest BCUT2D eigenvalue weighted by molar-refractivity contribution is 7.80. The molecule has 3 rings (SSSR count). The number of nitrogens with zero attached hydrogens (tertiary/aromatic N) is 2. The van der Waals surface area contributed by atoms with Crippen LogP contribution in [-0.2, 0) is 0 Å². The van der Waals surface area contributed by atoms with E-state index in [4.69, 9.17) is 22.4 Å². The molecule has 3 aromatic rings. The predicted molar refractivity (Wildman–Crippen MR) is 77.6 cm³/mol. The second-order valence-corrected chi connectivity index (χ2v) is 4.37. The third-order valence-corrected chi connectivity index (χ3v) is 2.67. The number of benzene rings is 1. The maximum absolute atomic E-state index is 5.67. The minimum atomic E-state index is 0.221. The van der Waals surface area contributed by atoms with Gasteiger partial charge in [0.25, 0.3) is 0 Å². The largest absolute Gasteiger partial charge is 0.436 e. The molecule has 19 heavy (non-hydrogen) atoms. The highest BCUT2D eigenvalue weighted by Gasteiger charge is 2.08. The molecule has 0 atom stereocenters. The van der Waals surface area contributed by atoms with Crippen LogP contribution in [0.3, 0.4) is 0 Å². The van der Waals surface area contributed by atoms with Crippen molar-refractivity contribution in [1.29, 1.82) is 0 Å². The van der Waals surface area contributed by atoms with Gasteiger partial charge >= 0.3 is 0 Å². The number of anilines is 1. The molecule has 2 heterocycles. The van der Waals surface area contributed by atoms with Crippen LogP contribution in [0.25, 0.3) is 22.6 Å². The van der Waals surface area contributed by atoms with Crippen LogP contribution < -0.4 is 11.1 Å². The summed E-state index contributed by atoms with van der Waals surface area (Å²) in [5, 5.41) is 3.10. The van der Waals surface area contributed by atoms with Gasteiger partial charge in [0.15, 0.2) is 10.7 Å². The molecule has 0 saturated heterocycles. The third kappa shape index (κ3) is 2.38. The summed E-state index contributed by atoms with van der Waals surface area (Å²) in [7, 11) is 0. The molecule has 0 spiro atoms. The van der Waals surface area contributed by atoms with E-state index in [2.05, 4.69) is 15.3 Å². The molecule has 0 saturated carbocycles. The number of aromatic nitrogens is 2. The Balaban J connectivity index is 2.03. The average molecular weight is 270 g/mol. The molecule has 1 aromatic carbocycles. The van der Waals surface area contributed by atoms with Crippen LogP contribution >= 0.6 is 12.2 Å². The zero-order valence-electron chi connectivity index (χ0n) is 9.83. The number of hydrogen-bond acceptors (Lipinski definition) is 4. The van der Waals surface area contributed by atoms with Gasteiger partial charge in [-0.1, -0.05) is 6.07 Å². The fourth-order valence-electron chi connectivity index (χ4n) is 1.78. The summed E-state index contributed by atoms with van der Waals surface area (Å²) in [6.07, 6.45) is 3.33. The average Bonchev–Trinajstić information content (AvgIpc) is 2.82. The van der Waals surface area contributed by atoms with Crippen molar-refractivity contribution in [3.63, 3.8) is 0 Å². The number of oxazole rings is 1. The molecule has 0 fully saturated rings. The van der Waals surface area contributed by atoms with E-state index in [1.54, 1.807) is 18.5 Å². The molecule has 3 N–H and O–H groups in total. The van der Waals surface area contributed by atoms with Crippen molar-refractivity contribution < 1.29 is 4.42 Å². The number of fused-ring (bicyclic) bond motifs is 1. The lowest BCUT2D eigenvalue weighted by atomic mass is 10.2. The minimum absolute atomic E-state index is 0.221. The second-order valence-electron chi connectivity index (χ2n) is 3.93. The zero-order chi connectivity index (χ0) is 13.2. The van der Waals surface area contributed by atoms with Crippen LogP contribution in [-0.4, -0.2) is 15.1 Å². The lowest BCUT2D eigenvalue weighted by molar-refractivity contribution is 0.619. The normalized spacial score (nSPS) is 10.5. The Hall–Kier alpha value is -2.47. The second kappa shape index (κ2) is 4.66. The molecule has 0 bridgehead atoms. The lowest BCUT2D eigenvalue weighted by Crippen LogP contribution is -2.18. The van der Waals surface area contributed by atoms with E-state index >= 15 is 0 Å². The summed E-state index contributed by atoms with van der Waals surface area (Å²) in [6, 6.07) is 9.30. The van der Waals surface area contributed by atoms with Crippen molar-refractivity contribution in [2.24, 2.45) is 5.73 Å². The molecule has 0 radical (unpaired) electrons. The first kappa shape index (κ1) is 11.6. The maximum Gasteiger partial charge on any atom is 0.227 e. The van der Waals surface area contributed by atoms with Crippen molar-refractivity contribution in [2.45, 2.75) is 0 Å². The Kier molecular flexibility index (Phi) is 2.85.